The topological polar surface area (TPSA) is 108 Å². The Hall–Kier alpha value is -3.07. The molecule has 480 valence electrons. The molecule has 0 spiro atoms. The van der Waals surface area contributed by atoms with Gasteiger partial charge in [-0.25, -0.2) is 4.57 Å². The van der Waals surface area contributed by atoms with Crippen LogP contribution in [-0.2, 0) is 32.7 Å². The molecule has 2 atom stereocenters. The van der Waals surface area contributed by atoms with Crippen LogP contribution in [0, 0.1) is 0 Å². The molecule has 0 amide bonds. The quantitative estimate of drug-likeness (QED) is 0.0211. The number of phosphoric ester groups is 1. The zero-order valence-electron chi connectivity index (χ0n) is 54.7. The van der Waals surface area contributed by atoms with Crippen LogP contribution in [0.2, 0.25) is 0 Å². The predicted octanol–water partition coefficient (Wildman–Crippen LogP) is 22.3. The van der Waals surface area contributed by atoms with Gasteiger partial charge in [0, 0.05) is 12.8 Å². The molecule has 0 saturated carbocycles. The van der Waals surface area contributed by atoms with Gasteiger partial charge in [0.1, 0.15) is 19.8 Å². The zero-order chi connectivity index (χ0) is 60.5. The van der Waals surface area contributed by atoms with E-state index in [1.807, 2.05) is 21.1 Å². The van der Waals surface area contributed by atoms with Gasteiger partial charge in [-0.05, 0) is 77.0 Å². The van der Waals surface area contributed by atoms with Crippen molar-refractivity contribution < 1.29 is 42.1 Å². The molecule has 0 aromatic carbocycles. The zero-order valence-corrected chi connectivity index (χ0v) is 55.6. The predicted molar refractivity (Wildman–Crippen MR) is 358 cm³/mol. The fourth-order valence-electron chi connectivity index (χ4n) is 9.62. The highest BCUT2D eigenvalue weighted by Crippen LogP contribution is 2.43. The number of nitrogens with zero attached hydrogens (tertiary/aromatic N) is 1. The van der Waals surface area contributed by atoms with Crippen LogP contribution in [0.1, 0.15) is 303 Å². The van der Waals surface area contributed by atoms with Gasteiger partial charge in [0.15, 0.2) is 6.10 Å². The second kappa shape index (κ2) is 63.4. The van der Waals surface area contributed by atoms with E-state index in [-0.39, 0.29) is 32.0 Å². The van der Waals surface area contributed by atoms with E-state index in [1.165, 1.54) is 186 Å². The smallest absolute Gasteiger partial charge is 0.462 e. The monoisotopic (exact) mass is 1180 g/mol. The van der Waals surface area contributed by atoms with Crippen molar-refractivity contribution in [1.82, 2.24) is 0 Å². The lowest BCUT2D eigenvalue weighted by Gasteiger charge is -2.24. The average Bonchev–Trinajstić information content (AvgIpc) is 3.49. The summed E-state index contributed by atoms with van der Waals surface area (Å²) in [6.45, 7) is 4.30. The molecule has 0 bridgehead atoms. The van der Waals surface area contributed by atoms with Crippen molar-refractivity contribution in [3.05, 3.63) is 97.2 Å². The summed E-state index contributed by atoms with van der Waals surface area (Å²) in [6, 6.07) is 0. The summed E-state index contributed by atoms with van der Waals surface area (Å²) in [4.78, 5) is 35.8. The van der Waals surface area contributed by atoms with Crippen LogP contribution in [0.25, 0.3) is 0 Å². The molecule has 83 heavy (non-hydrogen) atoms. The van der Waals surface area contributed by atoms with Crippen LogP contribution in [0.15, 0.2) is 97.2 Å². The van der Waals surface area contributed by atoms with Crippen molar-refractivity contribution in [1.29, 1.82) is 0 Å². The van der Waals surface area contributed by atoms with Crippen molar-refractivity contribution in [3.63, 3.8) is 0 Å². The molecule has 0 rings (SSSR count). The van der Waals surface area contributed by atoms with E-state index >= 15 is 0 Å². The standard InChI is InChI=1S/C73H130NO8P/c1-6-8-10-12-14-16-18-20-22-24-26-28-30-32-34-35-36-37-38-40-41-43-45-47-49-51-53-55-57-59-61-63-65-72(75)79-69-71(70-81-83(77,78)80-68-67-74(3,4)5)82-73(76)66-64-62-60-58-56-54-52-50-48-46-44-42-39-33-31-29-27-25-23-21-19-17-15-13-11-9-7-2/h9,11,15,17,21,23,27,29,33,39,44,46,50,52,56,58,71H,6-8,10,12-14,16,18-20,22,24-26,28,30-32,34-38,40-43,45,47-49,51,53-55,57,59-70H2,1-5H3/p+1/b11-9-,17-15-,23-21-,29-27-,39-33-,46-44-,52-50-,58-56-. The minimum absolute atomic E-state index is 0.0193. The van der Waals surface area contributed by atoms with Gasteiger partial charge in [0.25, 0.3) is 0 Å². The highest BCUT2D eigenvalue weighted by molar-refractivity contribution is 7.47. The summed E-state index contributed by atoms with van der Waals surface area (Å²) in [5.41, 5.74) is 0. The molecular weight excluding hydrogens is 1050 g/mol. The number of phosphoric acid groups is 1. The first kappa shape index (κ1) is 79.9. The Labute approximate surface area is 513 Å². The van der Waals surface area contributed by atoms with Gasteiger partial charge in [-0.15, -0.1) is 0 Å². The fourth-order valence-corrected chi connectivity index (χ4v) is 10.4. The molecule has 0 heterocycles. The van der Waals surface area contributed by atoms with Crippen LogP contribution >= 0.6 is 7.82 Å². The van der Waals surface area contributed by atoms with Gasteiger partial charge in [-0.3, -0.25) is 18.6 Å². The Balaban J connectivity index is 4.11. The summed E-state index contributed by atoms with van der Waals surface area (Å²) >= 11 is 0. The maximum atomic E-state index is 12.8. The first-order valence-electron chi connectivity index (χ1n) is 34.5. The van der Waals surface area contributed by atoms with Crippen molar-refractivity contribution >= 4 is 19.8 Å². The normalized spacial score (nSPS) is 13.8. The number of ether oxygens (including phenoxy) is 2. The van der Waals surface area contributed by atoms with Gasteiger partial charge in [0.05, 0.1) is 27.7 Å². The number of carbonyl (C=O) groups is 2. The number of esters is 2. The lowest BCUT2D eigenvalue weighted by Crippen LogP contribution is -2.37. The maximum Gasteiger partial charge on any atom is 0.472 e. The lowest BCUT2D eigenvalue weighted by molar-refractivity contribution is -0.870. The second-order valence-corrected chi connectivity index (χ2v) is 25.6. The summed E-state index contributed by atoms with van der Waals surface area (Å²) in [6.07, 6.45) is 88.1. The molecule has 0 aliphatic rings. The minimum atomic E-state index is -4.41. The van der Waals surface area contributed by atoms with E-state index < -0.39 is 26.5 Å². The van der Waals surface area contributed by atoms with Crippen molar-refractivity contribution in [2.45, 2.75) is 309 Å². The molecule has 0 aliphatic carbocycles. The Morgan fingerprint density at radius 2 is 0.687 bits per heavy atom. The van der Waals surface area contributed by atoms with E-state index in [0.29, 0.717) is 17.4 Å². The highest BCUT2D eigenvalue weighted by Gasteiger charge is 2.27. The summed E-state index contributed by atoms with van der Waals surface area (Å²) in [5.74, 6) is -0.843. The van der Waals surface area contributed by atoms with E-state index in [4.69, 9.17) is 18.5 Å². The largest absolute Gasteiger partial charge is 0.472 e. The lowest BCUT2D eigenvalue weighted by atomic mass is 10.0. The molecule has 0 aromatic heterocycles. The van der Waals surface area contributed by atoms with Gasteiger partial charge in [-0.1, -0.05) is 310 Å². The van der Waals surface area contributed by atoms with Crippen LogP contribution in [0.4, 0.5) is 0 Å². The Morgan fingerprint density at radius 1 is 0.386 bits per heavy atom. The van der Waals surface area contributed by atoms with E-state index in [2.05, 4.69) is 111 Å². The fraction of sp³-hybridized carbons (Fsp3) is 0.753. The molecule has 2 unspecified atom stereocenters. The Bertz CT molecular complexity index is 1720. The third-order valence-corrected chi connectivity index (χ3v) is 15.9. The maximum absolute atomic E-state index is 12.8. The molecule has 1 N–H and O–H groups in total. The molecule has 0 aliphatic heterocycles. The van der Waals surface area contributed by atoms with Crippen LogP contribution in [0.5, 0.6) is 0 Å². The minimum Gasteiger partial charge on any atom is -0.462 e. The number of likely N-dealkylation sites (N-methyl/N-ethyl adjacent to an activating group) is 1. The Morgan fingerprint density at radius 3 is 1.02 bits per heavy atom. The van der Waals surface area contributed by atoms with Crippen LogP contribution in [0.3, 0.4) is 0 Å². The van der Waals surface area contributed by atoms with Gasteiger partial charge in [-0.2, -0.15) is 0 Å². The van der Waals surface area contributed by atoms with Crippen molar-refractivity contribution in [2.24, 2.45) is 0 Å². The number of hydrogen-bond donors (Lipinski definition) is 1. The summed E-state index contributed by atoms with van der Waals surface area (Å²) in [7, 11) is 1.44. The van der Waals surface area contributed by atoms with E-state index in [9.17, 15) is 19.0 Å². The third-order valence-electron chi connectivity index (χ3n) is 14.9. The number of hydrogen-bond acceptors (Lipinski definition) is 7. The van der Waals surface area contributed by atoms with Crippen molar-refractivity contribution in [3.8, 4) is 0 Å². The second-order valence-electron chi connectivity index (χ2n) is 24.2. The SMILES string of the molecule is CC/C=C\C/C=C\C/C=C\C/C=C\C/C=C\C/C=C\C/C=C\C/C=C\CCCCC(=O)OC(COC(=O)CCCCCCCCCCCCCCCCCCCCCCCCCCCCCCCCCC)COP(=O)(O)OCC[N+](C)(C)C. The first-order chi connectivity index (χ1) is 40.5. The molecule has 0 saturated heterocycles. The van der Waals surface area contributed by atoms with Gasteiger partial charge in [0.2, 0.25) is 0 Å². The number of carbonyl (C=O) groups excluding carboxylic acids is 2. The van der Waals surface area contributed by atoms with E-state index in [1.54, 1.807) is 0 Å². The molecule has 0 aromatic rings. The molecule has 0 radical (unpaired) electrons. The Kier molecular flexibility index (Phi) is 61.1. The number of unbranched alkanes of at least 4 members (excludes halogenated alkanes) is 33. The molecular formula is C73H131NO8P+. The molecule has 0 fully saturated rings. The highest BCUT2D eigenvalue weighted by atomic mass is 31.2. The summed E-state index contributed by atoms with van der Waals surface area (Å²) < 4.78 is 34.6. The van der Waals surface area contributed by atoms with E-state index in [0.717, 1.165) is 83.5 Å². The average molecular weight is 1180 g/mol. The van der Waals surface area contributed by atoms with Crippen molar-refractivity contribution in [2.75, 3.05) is 47.5 Å². The number of rotatable bonds is 63. The summed E-state index contributed by atoms with van der Waals surface area (Å²) in [5, 5.41) is 0. The number of quaternary nitrogens is 1. The number of allylic oxidation sites excluding steroid dienone is 16. The van der Waals surface area contributed by atoms with Gasteiger partial charge < -0.3 is 18.9 Å². The third kappa shape index (κ3) is 67.9. The van der Waals surface area contributed by atoms with Gasteiger partial charge >= 0.3 is 19.8 Å². The first-order valence-corrected chi connectivity index (χ1v) is 36.0. The van der Waals surface area contributed by atoms with Crippen LogP contribution in [-0.4, -0.2) is 74.9 Å². The van der Waals surface area contributed by atoms with Crippen LogP contribution < -0.4 is 0 Å². The molecule has 10 heteroatoms. The molecule has 9 nitrogen and oxygen atoms in total.